The molecular formula is C35H41N3O6S. The van der Waals surface area contributed by atoms with Gasteiger partial charge in [-0.2, -0.15) is 4.98 Å². The number of carbonyl (C=O) groups is 2. The van der Waals surface area contributed by atoms with Gasteiger partial charge in [-0.15, -0.1) is 0 Å². The lowest BCUT2D eigenvalue weighted by Crippen LogP contribution is -2.41. The molecule has 0 spiro atoms. The Kier molecular flexibility index (Phi) is 12.4. The van der Waals surface area contributed by atoms with Gasteiger partial charge in [0.05, 0.1) is 12.3 Å². The van der Waals surface area contributed by atoms with E-state index in [4.69, 9.17) is 4.52 Å². The molecule has 0 aliphatic heterocycles. The fourth-order valence-electron chi connectivity index (χ4n) is 5.15. The summed E-state index contributed by atoms with van der Waals surface area (Å²) in [6.07, 6.45) is 11.8. The summed E-state index contributed by atoms with van der Waals surface area (Å²) in [4.78, 5) is 28.7. The standard InChI is InChI=1S/C35H41N3O6S/c1-2-3-4-5-6-7-8-9-13-19-32-36-33(44-37-32)30-22-20-27(21-23-30)25-38(34(39)35(40)41)45(42,43)26-28-15-14-18-31(24-28)29-16-11-10-12-17-29/h10-12,14-18,20-24H,2-9,13,19,25-26H2,1H3,(H,40,41). The van der Waals surface area contributed by atoms with Gasteiger partial charge >= 0.3 is 11.9 Å². The van der Waals surface area contributed by atoms with Gasteiger partial charge in [-0.3, -0.25) is 4.79 Å². The van der Waals surface area contributed by atoms with Gasteiger partial charge in [-0.1, -0.05) is 130 Å². The molecule has 0 atom stereocenters. The van der Waals surface area contributed by atoms with Gasteiger partial charge in [0.1, 0.15) is 0 Å². The first-order chi connectivity index (χ1) is 21.8. The molecule has 1 heterocycles. The topological polar surface area (TPSA) is 131 Å². The van der Waals surface area contributed by atoms with Crippen LogP contribution in [0.2, 0.25) is 0 Å². The lowest BCUT2D eigenvalue weighted by molar-refractivity contribution is -0.153. The molecule has 0 saturated heterocycles. The molecule has 3 aromatic carbocycles. The van der Waals surface area contributed by atoms with Gasteiger partial charge in [0.2, 0.25) is 10.0 Å². The van der Waals surface area contributed by atoms with Gasteiger partial charge < -0.3 is 9.63 Å². The van der Waals surface area contributed by atoms with Crippen LogP contribution < -0.4 is 0 Å². The smallest absolute Gasteiger partial charge is 0.395 e. The van der Waals surface area contributed by atoms with Crippen molar-refractivity contribution in [3.8, 4) is 22.6 Å². The number of nitrogens with zero attached hydrogens (tertiary/aromatic N) is 3. The average Bonchev–Trinajstić information content (AvgIpc) is 3.52. The second-order valence-corrected chi connectivity index (χ2v) is 13.1. The number of aryl methyl sites for hydroxylation is 1. The minimum atomic E-state index is -4.33. The maximum absolute atomic E-state index is 13.4. The highest BCUT2D eigenvalue weighted by Gasteiger charge is 2.32. The van der Waals surface area contributed by atoms with E-state index >= 15 is 0 Å². The number of aromatic nitrogens is 2. The fourth-order valence-corrected chi connectivity index (χ4v) is 6.58. The Hall–Kier alpha value is -4.31. The van der Waals surface area contributed by atoms with Crippen LogP contribution in [-0.4, -0.2) is 39.8 Å². The Balaban J connectivity index is 1.36. The molecule has 4 aromatic rings. The SMILES string of the molecule is CCCCCCCCCCCc1noc(-c2ccc(CN(C(=O)C(=O)O)S(=O)(=O)Cc3cccc(-c4ccccc4)c3)cc2)n1. The average molecular weight is 632 g/mol. The van der Waals surface area contributed by atoms with Crippen molar-refractivity contribution < 1.29 is 27.6 Å². The molecule has 1 aromatic heterocycles. The van der Waals surface area contributed by atoms with E-state index in [1.165, 1.54) is 44.9 Å². The van der Waals surface area contributed by atoms with Gasteiger partial charge in [-0.25, -0.2) is 17.5 Å². The van der Waals surface area contributed by atoms with Gasteiger partial charge in [0, 0.05) is 12.0 Å². The first kappa shape index (κ1) is 33.6. The van der Waals surface area contributed by atoms with Gasteiger partial charge in [0.25, 0.3) is 5.89 Å². The van der Waals surface area contributed by atoms with Crippen LogP contribution in [0.1, 0.15) is 81.7 Å². The summed E-state index contributed by atoms with van der Waals surface area (Å²) in [6, 6.07) is 23.0. The third kappa shape index (κ3) is 10.1. The van der Waals surface area contributed by atoms with Crippen molar-refractivity contribution in [1.29, 1.82) is 0 Å². The van der Waals surface area contributed by atoms with Crippen LogP contribution >= 0.6 is 0 Å². The Labute approximate surface area is 265 Å². The summed E-state index contributed by atoms with van der Waals surface area (Å²) in [7, 11) is -4.33. The number of hydrogen-bond acceptors (Lipinski definition) is 7. The number of aliphatic carboxylic acids is 1. The van der Waals surface area contributed by atoms with E-state index in [0.717, 1.165) is 30.4 Å². The van der Waals surface area contributed by atoms with Crippen molar-refractivity contribution >= 4 is 21.9 Å². The summed E-state index contributed by atoms with van der Waals surface area (Å²) in [5, 5.41) is 13.5. The van der Waals surface area contributed by atoms with E-state index in [1.54, 1.807) is 42.5 Å². The van der Waals surface area contributed by atoms with E-state index in [0.29, 0.717) is 32.7 Å². The Morgan fingerprint density at radius 1 is 0.756 bits per heavy atom. The van der Waals surface area contributed by atoms with E-state index in [-0.39, 0.29) is 0 Å². The molecule has 0 saturated carbocycles. The molecule has 1 N–H and O–H groups in total. The van der Waals surface area contributed by atoms with Crippen LogP contribution in [0.4, 0.5) is 0 Å². The van der Waals surface area contributed by atoms with Crippen molar-refractivity contribution in [1.82, 2.24) is 14.4 Å². The molecule has 0 radical (unpaired) electrons. The molecule has 0 aliphatic rings. The molecule has 0 aliphatic carbocycles. The van der Waals surface area contributed by atoms with Crippen molar-refractivity contribution in [2.75, 3.05) is 0 Å². The molecule has 1 amide bonds. The molecule has 0 bridgehead atoms. The summed E-state index contributed by atoms with van der Waals surface area (Å²) in [5.41, 5.74) is 3.23. The van der Waals surface area contributed by atoms with Gasteiger partial charge in [0.15, 0.2) is 5.82 Å². The summed E-state index contributed by atoms with van der Waals surface area (Å²) in [6.45, 7) is 1.80. The molecular weight excluding hydrogens is 590 g/mol. The zero-order chi connectivity index (χ0) is 32.1. The number of sulfonamides is 1. The Morgan fingerprint density at radius 2 is 1.40 bits per heavy atom. The normalized spacial score (nSPS) is 11.4. The van der Waals surface area contributed by atoms with Crippen LogP contribution in [0, 0.1) is 0 Å². The van der Waals surface area contributed by atoms with Crippen LogP contribution in [0.3, 0.4) is 0 Å². The molecule has 10 heteroatoms. The van der Waals surface area contributed by atoms with Crippen molar-refractivity contribution in [2.24, 2.45) is 0 Å². The lowest BCUT2D eigenvalue weighted by atomic mass is 10.0. The zero-order valence-electron chi connectivity index (χ0n) is 25.7. The molecule has 238 valence electrons. The number of unbranched alkanes of at least 4 members (excludes halogenated alkanes) is 8. The first-order valence-electron chi connectivity index (χ1n) is 15.6. The second-order valence-electron chi connectivity index (χ2n) is 11.2. The quantitative estimate of drug-likeness (QED) is 0.0941. The minimum Gasteiger partial charge on any atom is -0.474 e. The zero-order valence-corrected chi connectivity index (χ0v) is 26.5. The number of carboxylic acids is 1. The molecule has 0 fully saturated rings. The summed E-state index contributed by atoms with van der Waals surface area (Å²) >= 11 is 0. The van der Waals surface area contributed by atoms with Gasteiger partial charge in [-0.05, 0) is 40.8 Å². The van der Waals surface area contributed by atoms with E-state index in [2.05, 4.69) is 17.1 Å². The number of amides is 1. The summed E-state index contributed by atoms with van der Waals surface area (Å²) in [5.74, 6) is -2.92. The number of benzene rings is 3. The predicted octanol–water partition coefficient (Wildman–Crippen LogP) is 7.42. The van der Waals surface area contributed by atoms with E-state index < -0.39 is 34.2 Å². The van der Waals surface area contributed by atoms with E-state index in [1.807, 2.05) is 36.4 Å². The second kappa shape index (κ2) is 16.7. The largest absolute Gasteiger partial charge is 0.474 e. The molecule has 0 unspecified atom stereocenters. The van der Waals surface area contributed by atoms with Crippen molar-refractivity contribution in [2.45, 2.75) is 83.4 Å². The fraction of sp³-hybridized carbons (Fsp3) is 0.371. The monoisotopic (exact) mass is 631 g/mol. The van der Waals surface area contributed by atoms with Crippen molar-refractivity contribution in [3.05, 3.63) is 95.8 Å². The third-order valence-electron chi connectivity index (χ3n) is 7.63. The highest BCUT2D eigenvalue weighted by Crippen LogP contribution is 2.24. The highest BCUT2D eigenvalue weighted by molar-refractivity contribution is 7.88. The number of carbonyl (C=O) groups excluding carboxylic acids is 1. The molecule has 4 rings (SSSR count). The minimum absolute atomic E-state index is 0.344. The van der Waals surface area contributed by atoms with Crippen LogP contribution in [0.5, 0.6) is 0 Å². The molecule has 9 nitrogen and oxygen atoms in total. The van der Waals surface area contributed by atoms with E-state index in [9.17, 15) is 23.1 Å². The van der Waals surface area contributed by atoms with Crippen LogP contribution in [0.15, 0.2) is 83.4 Å². The summed E-state index contributed by atoms with van der Waals surface area (Å²) < 4.78 is 32.6. The van der Waals surface area contributed by atoms with Crippen LogP contribution in [-0.2, 0) is 38.3 Å². The first-order valence-corrected chi connectivity index (χ1v) is 17.2. The molecule has 45 heavy (non-hydrogen) atoms. The Bertz CT molecular complexity index is 1640. The third-order valence-corrected chi connectivity index (χ3v) is 9.29. The van der Waals surface area contributed by atoms with Crippen molar-refractivity contribution in [3.63, 3.8) is 0 Å². The maximum atomic E-state index is 13.4. The predicted molar refractivity (Wildman–Crippen MR) is 173 cm³/mol. The highest BCUT2D eigenvalue weighted by atomic mass is 32.2. The number of rotatable bonds is 17. The maximum Gasteiger partial charge on any atom is 0.395 e. The Morgan fingerprint density at radius 3 is 2.07 bits per heavy atom. The number of hydrogen-bond donors (Lipinski definition) is 1. The van der Waals surface area contributed by atoms with Crippen LogP contribution in [0.25, 0.3) is 22.6 Å². The number of carboxylic acid groups (broad SMARTS) is 1. The lowest BCUT2D eigenvalue weighted by Gasteiger charge is -2.21.